The van der Waals surface area contributed by atoms with Crippen molar-refractivity contribution in [1.82, 2.24) is 0 Å². The van der Waals surface area contributed by atoms with Gasteiger partial charge in [-0.2, -0.15) is 0 Å². The zero-order valence-corrected chi connectivity index (χ0v) is 11.7. The summed E-state index contributed by atoms with van der Waals surface area (Å²) in [7, 11) is 0. The Labute approximate surface area is 111 Å². The van der Waals surface area contributed by atoms with Crippen molar-refractivity contribution in [3.8, 4) is 5.75 Å². The van der Waals surface area contributed by atoms with Crippen molar-refractivity contribution in [2.24, 2.45) is 0 Å². The summed E-state index contributed by atoms with van der Waals surface area (Å²) in [5, 5.41) is 9.68. The first-order valence-electron chi connectivity index (χ1n) is 7.18. The fraction of sp³-hybridized carbons (Fsp3) is 0.625. The smallest absolute Gasteiger partial charge is 0.119 e. The van der Waals surface area contributed by atoms with E-state index in [2.05, 4.69) is 6.92 Å². The maximum absolute atomic E-state index is 9.68. The van der Waals surface area contributed by atoms with Gasteiger partial charge in [-0.3, -0.25) is 0 Å². The molecule has 2 nitrogen and oxygen atoms in total. The number of hydrogen-bond donors (Lipinski definition) is 1. The molecule has 0 amide bonds. The topological polar surface area (TPSA) is 29.5 Å². The second kappa shape index (κ2) is 8.98. The van der Waals surface area contributed by atoms with Crippen LogP contribution < -0.4 is 4.74 Å². The van der Waals surface area contributed by atoms with Crippen molar-refractivity contribution in [3.63, 3.8) is 0 Å². The minimum Gasteiger partial charge on any atom is -0.494 e. The Morgan fingerprint density at radius 1 is 1.00 bits per heavy atom. The quantitative estimate of drug-likeness (QED) is 0.655. The van der Waals surface area contributed by atoms with E-state index in [0.29, 0.717) is 0 Å². The number of rotatable bonds is 9. The Hall–Kier alpha value is -1.02. The monoisotopic (exact) mass is 250 g/mol. The second-order valence-corrected chi connectivity index (χ2v) is 4.76. The first-order valence-corrected chi connectivity index (χ1v) is 7.18. The maximum atomic E-state index is 9.68. The van der Waals surface area contributed by atoms with Gasteiger partial charge in [-0.15, -0.1) is 0 Å². The van der Waals surface area contributed by atoms with Crippen LogP contribution in [0.3, 0.4) is 0 Å². The molecule has 102 valence electrons. The van der Waals surface area contributed by atoms with E-state index in [1.807, 2.05) is 31.2 Å². The van der Waals surface area contributed by atoms with Gasteiger partial charge in [-0.1, -0.05) is 51.7 Å². The number of hydrogen-bond acceptors (Lipinski definition) is 2. The molecule has 0 spiro atoms. The van der Waals surface area contributed by atoms with Gasteiger partial charge >= 0.3 is 0 Å². The van der Waals surface area contributed by atoms with Gasteiger partial charge in [-0.25, -0.2) is 0 Å². The third kappa shape index (κ3) is 5.54. The Morgan fingerprint density at radius 2 is 1.67 bits per heavy atom. The highest BCUT2D eigenvalue weighted by molar-refractivity contribution is 5.28. The van der Waals surface area contributed by atoms with Crippen LogP contribution in [0.2, 0.25) is 0 Å². The molecular weight excluding hydrogens is 224 g/mol. The largest absolute Gasteiger partial charge is 0.494 e. The van der Waals surface area contributed by atoms with Crippen molar-refractivity contribution in [2.75, 3.05) is 6.61 Å². The number of aliphatic hydroxyl groups excluding tert-OH is 1. The van der Waals surface area contributed by atoms with Crippen LogP contribution in [-0.4, -0.2) is 11.7 Å². The van der Waals surface area contributed by atoms with Crippen LogP contribution in [-0.2, 0) is 0 Å². The summed E-state index contributed by atoms with van der Waals surface area (Å²) in [5.74, 6) is 0.901. The van der Waals surface area contributed by atoms with Gasteiger partial charge in [0.05, 0.1) is 12.7 Å². The van der Waals surface area contributed by atoms with Crippen LogP contribution in [0.5, 0.6) is 5.75 Å². The summed E-state index contributed by atoms with van der Waals surface area (Å²) in [5.41, 5.74) is 0.966. The summed E-state index contributed by atoms with van der Waals surface area (Å²) >= 11 is 0. The summed E-state index contributed by atoms with van der Waals surface area (Å²) in [4.78, 5) is 0. The number of aliphatic hydroxyl groups is 1. The molecule has 0 aromatic heterocycles. The van der Waals surface area contributed by atoms with Crippen LogP contribution in [0.1, 0.15) is 64.0 Å². The predicted molar refractivity (Wildman–Crippen MR) is 75.9 cm³/mol. The Kier molecular flexibility index (Phi) is 7.51. The van der Waals surface area contributed by atoms with E-state index in [1.54, 1.807) is 0 Å². The normalized spacial score (nSPS) is 12.4. The molecule has 0 aliphatic carbocycles. The molecule has 0 bridgehead atoms. The summed E-state index contributed by atoms with van der Waals surface area (Å²) in [6.45, 7) is 4.99. The molecule has 0 aliphatic heterocycles. The predicted octanol–water partition coefficient (Wildman–Crippen LogP) is 4.48. The first kappa shape index (κ1) is 15.0. The molecule has 1 N–H and O–H groups in total. The van der Waals surface area contributed by atoms with Gasteiger partial charge in [0, 0.05) is 0 Å². The number of benzene rings is 1. The van der Waals surface area contributed by atoms with E-state index in [-0.39, 0.29) is 6.10 Å². The van der Waals surface area contributed by atoms with E-state index in [9.17, 15) is 5.11 Å². The molecule has 0 fully saturated rings. The van der Waals surface area contributed by atoms with Crippen molar-refractivity contribution < 1.29 is 9.84 Å². The molecular formula is C16H26O2. The van der Waals surface area contributed by atoms with Crippen molar-refractivity contribution in [2.45, 2.75) is 58.5 Å². The van der Waals surface area contributed by atoms with E-state index < -0.39 is 0 Å². The highest BCUT2D eigenvalue weighted by Gasteiger charge is 2.04. The second-order valence-electron chi connectivity index (χ2n) is 4.76. The molecule has 1 unspecified atom stereocenters. The van der Waals surface area contributed by atoms with Gasteiger partial charge in [0.25, 0.3) is 0 Å². The van der Waals surface area contributed by atoms with Crippen LogP contribution in [0.4, 0.5) is 0 Å². The zero-order chi connectivity index (χ0) is 13.2. The summed E-state index contributed by atoms with van der Waals surface area (Å²) in [6.07, 6.45) is 6.68. The highest BCUT2D eigenvalue weighted by Crippen LogP contribution is 2.20. The average molecular weight is 250 g/mol. The third-order valence-corrected chi connectivity index (χ3v) is 3.17. The number of unbranched alkanes of at least 4 members (excludes halogenated alkanes) is 4. The molecule has 2 heteroatoms. The zero-order valence-electron chi connectivity index (χ0n) is 11.7. The van der Waals surface area contributed by atoms with Crippen molar-refractivity contribution in [3.05, 3.63) is 29.8 Å². The minimum absolute atomic E-state index is 0.354. The summed E-state index contributed by atoms with van der Waals surface area (Å²) < 4.78 is 5.67. The van der Waals surface area contributed by atoms with Crippen molar-refractivity contribution >= 4 is 0 Å². The average Bonchev–Trinajstić information content (AvgIpc) is 2.42. The number of ether oxygens (including phenoxy) is 1. The third-order valence-electron chi connectivity index (χ3n) is 3.17. The van der Waals surface area contributed by atoms with Crippen molar-refractivity contribution in [1.29, 1.82) is 0 Å². The van der Waals surface area contributed by atoms with Gasteiger partial charge in [0.2, 0.25) is 0 Å². The van der Waals surface area contributed by atoms with Gasteiger partial charge in [0.1, 0.15) is 5.75 Å². The lowest BCUT2D eigenvalue weighted by atomic mass is 10.1. The van der Waals surface area contributed by atoms with E-state index in [0.717, 1.165) is 30.8 Å². The standard InChI is InChI=1S/C16H26O2/c1-3-5-6-7-8-13-18-15-11-9-14(10-12-15)16(17)4-2/h9-12,16-17H,3-8,13H2,1-2H3. The molecule has 1 rings (SSSR count). The lowest BCUT2D eigenvalue weighted by Gasteiger charge is -2.10. The van der Waals surface area contributed by atoms with Crippen LogP contribution >= 0.6 is 0 Å². The van der Waals surface area contributed by atoms with Gasteiger partial charge < -0.3 is 9.84 Å². The fourth-order valence-corrected chi connectivity index (χ4v) is 1.92. The van der Waals surface area contributed by atoms with Gasteiger partial charge in [0.15, 0.2) is 0 Å². The molecule has 0 aliphatic rings. The molecule has 18 heavy (non-hydrogen) atoms. The first-order chi connectivity index (χ1) is 8.77. The SMILES string of the molecule is CCCCCCCOc1ccc(C(O)CC)cc1. The lowest BCUT2D eigenvalue weighted by Crippen LogP contribution is -1.98. The van der Waals surface area contributed by atoms with E-state index >= 15 is 0 Å². The van der Waals surface area contributed by atoms with Crippen LogP contribution in [0, 0.1) is 0 Å². The molecule has 0 saturated carbocycles. The highest BCUT2D eigenvalue weighted by atomic mass is 16.5. The fourth-order valence-electron chi connectivity index (χ4n) is 1.92. The molecule has 1 atom stereocenters. The Balaban J connectivity index is 2.22. The molecule has 1 aromatic carbocycles. The maximum Gasteiger partial charge on any atom is 0.119 e. The molecule has 0 saturated heterocycles. The molecule has 0 heterocycles. The van der Waals surface area contributed by atoms with Crippen LogP contribution in [0.25, 0.3) is 0 Å². The molecule has 1 aromatic rings. The van der Waals surface area contributed by atoms with E-state index in [4.69, 9.17) is 4.74 Å². The van der Waals surface area contributed by atoms with Gasteiger partial charge in [-0.05, 0) is 30.5 Å². The van der Waals surface area contributed by atoms with E-state index in [1.165, 1.54) is 25.7 Å². The lowest BCUT2D eigenvalue weighted by molar-refractivity contribution is 0.173. The minimum atomic E-state index is -0.354. The summed E-state index contributed by atoms with van der Waals surface area (Å²) in [6, 6.07) is 7.78. The molecule has 0 radical (unpaired) electrons. The Morgan fingerprint density at radius 3 is 2.28 bits per heavy atom. The Bertz CT molecular complexity index is 305. The van der Waals surface area contributed by atoms with Crippen LogP contribution in [0.15, 0.2) is 24.3 Å².